The molecule has 1 aromatic carbocycles. The molecular weight excluding hydrogens is 310 g/mol. The fourth-order valence-corrected chi connectivity index (χ4v) is 2.77. The Bertz CT molecular complexity index is 513. The summed E-state index contributed by atoms with van der Waals surface area (Å²) >= 11 is 0. The van der Waals surface area contributed by atoms with Crippen molar-refractivity contribution in [3.05, 3.63) is 29.8 Å². The lowest BCUT2D eigenvalue weighted by atomic mass is 10.1. The Labute approximate surface area is 141 Å². The Morgan fingerprint density at radius 3 is 2.54 bits per heavy atom. The number of ether oxygens (including phenoxy) is 2. The molecule has 2 saturated heterocycles. The Morgan fingerprint density at radius 1 is 1.12 bits per heavy atom. The van der Waals surface area contributed by atoms with Crippen LogP contribution >= 0.6 is 0 Å². The molecule has 0 radical (unpaired) electrons. The minimum absolute atomic E-state index is 0.105. The molecule has 0 spiro atoms. The summed E-state index contributed by atoms with van der Waals surface area (Å²) < 4.78 is 10.5. The molecule has 1 unspecified atom stereocenters. The number of hydrogen-bond acceptors (Lipinski definition) is 5. The molecule has 2 fully saturated rings. The molecule has 0 bridgehead atoms. The molecule has 7 nitrogen and oxygen atoms in total. The van der Waals surface area contributed by atoms with Crippen LogP contribution in [0.2, 0.25) is 0 Å². The maximum Gasteiger partial charge on any atom is 0.243 e. The molecular formula is C17H23N3O4. The van der Waals surface area contributed by atoms with Gasteiger partial charge in [-0.15, -0.1) is 0 Å². The van der Waals surface area contributed by atoms with Gasteiger partial charge >= 0.3 is 0 Å². The van der Waals surface area contributed by atoms with Gasteiger partial charge in [-0.3, -0.25) is 9.59 Å². The molecule has 1 aromatic rings. The maximum atomic E-state index is 12.2. The Balaban J connectivity index is 1.51. The average Bonchev–Trinajstić information content (AvgIpc) is 2.65. The summed E-state index contributed by atoms with van der Waals surface area (Å²) in [5.74, 6) is 0.00508. The number of nitrogens with zero attached hydrogens (tertiary/aromatic N) is 1. The molecule has 2 N–H and O–H groups in total. The van der Waals surface area contributed by atoms with Gasteiger partial charge in [0.15, 0.2) is 0 Å². The third kappa shape index (κ3) is 4.53. The van der Waals surface area contributed by atoms with Crippen LogP contribution in [0.4, 0.5) is 5.69 Å². The van der Waals surface area contributed by atoms with Crippen molar-refractivity contribution in [3.8, 4) is 0 Å². The first-order valence-electron chi connectivity index (χ1n) is 8.29. The lowest BCUT2D eigenvalue weighted by Gasteiger charge is -2.27. The number of morpholine rings is 2. The standard InChI is InChI=1S/C17H23N3O4/c21-16(20-6-9-23-10-7-20)11-13-1-3-14(4-2-13)19-17(22)15-12-24-8-5-18-15/h1-4,15,18H,5-12H2,(H,19,22). The molecule has 24 heavy (non-hydrogen) atoms. The summed E-state index contributed by atoms with van der Waals surface area (Å²) in [6, 6.07) is 7.08. The molecule has 2 heterocycles. The SMILES string of the molecule is O=C(Nc1ccc(CC(=O)N2CCOCC2)cc1)C1COCCN1. The van der Waals surface area contributed by atoms with E-state index in [9.17, 15) is 9.59 Å². The normalized spacial score (nSPS) is 21.3. The van der Waals surface area contributed by atoms with Crippen molar-refractivity contribution in [2.24, 2.45) is 0 Å². The van der Waals surface area contributed by atoms with Crippen LogP contribution in [0.15, 0.2) is 24.3 Å². The van der Waals surface area contributed by atoms with E-state index < -0.39 is 0 Å². The lowest BCUT2D eigenvalue weighted by molar-refractivity contribution is -0.134. The molecule has 0 aliphatic carbocycles. The average molecular weight is 333 g/mol. The van der Waals surface area contributed by atoms with Gasteiger partial charge in [-0.05, 0) is 17.7 Å². The van der Waals surface area contributed by atoms with Crippen molar-refractivity contribution in [2.45, 2.75) is 12.5 Å². The molecule has 130 valence electrons. The van der Waals surface area contributed by atoms with E-state index in [1.807, 2.05) is 29.2 Å². The van der Waals surface area contributed by atoms with Gasteiger partial charge in [0, 0.05) is 25.3 Å². The smallest absolute Gasteiger partial charge is 0.243 e. The Hall–Kier alpha value is -1.96. The van der Waals surface area contributed by atoms with Crippen LogP contribution in [-0.4, -0.2) is 68.8 Å². The van der Waals surface area contributed by atoms with Gasteiger partial charge < -0.3 is 25.0 Å². The zero-order valence-corrected chi connectivity index (χ0v) is 13.6. The highest BCUT2D eigenvalue weighted by Gasteiger charge is 2.21. The summed E-state index contributed by atoms with van der Waals surface area (Å²) in [7, 11) is 0. The van der Waals surface area contributed by atoms with E-state index in [2.05, 4.69) is 10.6 Å². The van der Waals surface area contributed by atoms with E-state index >= 15 is 0 Å². The van der Waals surface area contributed by atoms with Gasteiger partial charge in [0.05, 0.1) is 32.8 Å². The van der Waals surface area contributed by atoms with Gasteiger partial charge in [0.2, 0.25) is 11.8 Å². The van der Waals surface area contributed by atoms with Crippen LogP contribution < -0.4 is 10.6 Å². The summed E-state index contributed by atoms with van der Waals surface area (Å²) in [6.07, 6.45) is 0.367. The minimum Gasteiger partial charge on any atom is -0.378 e. The molecule has 7 heteroatoms. The van der Waals surface area contributed by atoms with E-state index in [4.69, 9.17) is 9.47 Å². The van der Waals surface area contributed by atoms with Crippen molar-refractivity contribution in [1.29, 1.82) is 0 Å². The zero-order chi connectivity index (χ0) is 16.8. The zero-order valence-electron chi connectivity index (χ0n) is 13.6. The van der Waals surface area contributed by atoms with E-state index in [-0.39, 0.29) is 17.9 Å². The number of anilines is 1. The first-order chi connectivity index (χ1) is 11.7. The first kappa shape index (κ1) is 16.9. The van der Waals surface area contributed by atoms with E-state index in [1.54, 1.807) is 0 Å². The second-order valence-corrected chi connectivity index (χ2v) is 5.94. The quantitative estimate of drug-likeness (QED) is 0.812. The summed E-state index contributed by atoms with van der Waals surface area (Å²) in [4.78, 5) is 26.2. The number of carbonyl (C=O) groups excluding carboxylic acids is 2. The fourth-order valence-electron chi connectivity index (χ4n) is 2.77. The van der Waals surface area contributed by atoms with Crippen molar-refractivity contribution in [2.75, 3.05) is 51.4 Å². The highest BCUT2D eigenvalue weighted by molar-refractivity contribution is 5.95. The molecule has 1 atom stereocenters. The van der Waals surface area contributed by atoms with Gasteiger partial charge in [0.1, 0.15) is 6.04 Å². The molecule has 3 rings (SSSR count). The summed E-state index contributed by atoms with van der Waals surface area (Å²) in [5, 5.41) is 5.98. The maximum absolute atomic E-state index is 12.2. The minimum atomic E-state index is -0.318. The Kier molecular flexibility index (Phi) is 5.79. The highest BCUT2D eigenvalue weighted by Crippen LogP contribution is 2.12. The molecule has 2 amide bonds. The molecule has 0 saturated carbocycles. The fraction of sp³-hybridized carbons (Fsp3) is 0.529. The topological polar surface area (TPSA) is 79.9 Å². The second kappa shape index (κ2) is 8.23. The van der Waals surface area contributed by atoms with Crippen LogP contribution in [-0.2, 0) is 25.5 Å². The third-order valence-corrected chi connectivity index (χ3v) is 4.18. The summed E-state index contributed by atoms with van der Waals surface area (Å²) in [6.45, 7) is 4.23. The van der Waals surface area contributed by atoms with Gasteiger partial charge in [0.25, 0.3) is 0 Å². The van der Waals surface area contributed by atoms with Gasteiger partial charge in [-0.2, -0.15) is 0 Å². The van der Waals surface area contributed by atoms with Crippen molar-refractivity contribution in [1.82, 2.24) is 10.2 Å². The van der Waals surface area contributed by atoms with Crippen LogP contribution in [0.3, 0.4) is 0 Å². The van der Waals surface area contributed by atoms with Crippen LogP contribution in [0, 0.1) is 0 Å². The summed E-state index contributed by atoms with van der Waals surface area (Å²) in [5.41, 5.74) is 1.65. The number of rotatable bonds is 4. The van der Waals surface area contributed by atoms with E-state index in [0.717, 1.165) is 11.3 Å². The van der Waals surface area contributed by atoms with Crippen molar-refractivity contribution < 1.29 is 19.1 Å². The molecule has 2 aliphatic rings. The highest BCUT2D eigenvalue weighted by atomic mass is 16.5. The molecule has 2 aliphatic heterocycles. The van der Waals surface area contributed by atoms with Crippen molar-refractivity contribution in [3.63, 3.8) is 0 Å². The van der Waals surface area contributed by atoms with Gasteiger partial charge in [-0.25, -0.2) is 0 Å². The number of hydrogen-bond donors (Lipinski definition) is 2. The largest absolute Gasteiger partial charge is 0.378 e. The third-order valence-electron chi connectivity index (χ3n) is 4.18. The number of carbonyl (C=O) groups is 2. The predicted octanol–water partition coefficient (Wildman–Crippen LogP) is 0.0148. The van der Waals surface area contributed by atoms with E-state index in [1.165, 1.54) is 0 Å². The Morgan fingerprint density at radius 2 is 1.88 bits per heavy atom. The number of nitrogens with one attached hydrogen (secondary N) is 2. The lowest BCUT2D eigenvalue weighted by Crippen LogP contribution is -2.48. The second-order valence-electron chi connectivity index (χ2n) is 5.94. The van der Waals surface area contributed by atoms with E-state index in [0.29, 0.717) is 52.5 Å². The van der Waals surface area contributed by atoms with Crippen LogP contribution in [0.5, 0.6) is 0 Å². The molecule has 0 aromatic heterocycles. The van der Waals surface area contributed by atoms with Crippen molar-refractivity contribution >= 4 is 17.5 Å². The predicted molar refractivity (Wildman–Crippen MR) is 88.8 cm³/mol. The van der Waals surface area contributed by atoms with Crippen LogP contribution in [0.1, 0.15) is 5.56 Å². The van der Waals surface area contributed by atoms with Crippen LogP contribution in [0.25, 0.3) is 0 Å². The number of benzene rings is 1. The van der Waals surface area contributed by atoms with Gasteiger partial charge in [-0.1, -0.05) is 12.1 Å². The monoisotopic (exact) mass is 333 g/mol. The first-order valence-corrected chi connectivity index (χ1v) is 8.29. The number of amides is 2.